The number of hydrogen-bond acceptors (Lipinski definition) is 4. The van der Waals surface area contributed by atoms with E-state index in [1.807, 2.05) is 13.0 Å². The fourth-order valence-electron chi connectivity index (χ4n) is 4.38. The highest BCUT2D eigenvalue weighted by molar-refractivity contribution is 7.92. The predicted octanol–water partition coefficient (Wildman–Crippen LogP) is 2.96. The quantitative estimate of drug-likeness (QED) is 0.690. The smallest absolute Gasteiger partial charge is 0.264 e. The van der Waals surface area contributed by atoms with Crippen LogP contribution in [0.15, 0.2) is 47.4 Å². The van der Waals surface area contributed by atoms with Gasteiger partial charge in [0.05, 0.1) is 10.6 Å². The van der Waals surface area contributed by atoms with Gasteiger partial charge in [-0.2, -0.15) is 0 Å². The Morgan fingerprint density at radius 3 is 2.60 bits per heavy atom. The first-order valence-corrected chi connectivity index (χ1v) is 12.1. The zero-order valence-electron chi connectivity index (χ0n) is 17.4. The molecule has 6 nitrogen and oxygen atoms in total. The average molecular weight is 428 g/mol. The van der Waals surface area contributed by atoms with E-state index in [1.165, 1.54) is 17.1 Å². The lowest BCUT2D eigenvalue weighted by Gasteiger charge is -2.20. The fraction of sp³-hybridized carbons (Fsp3) is 0.435. The number of hydrogen-bond donors (Lipinski definition) is 1. The number of fused-ring (bicyclic) bond motifs is 1. The van der Waals surface area contributed by atoms with Crippen molar-refractivity contribution in [3.05, 3.63) is 59.2 Å². The number of carbonyl (C=O) groups excluding carboxylic acids is 1. The fourth-order valence-corrected chi connectivity index (χ4v) is 5.98. The van der Waals surface area contributed by atoms with Crippen LogP contribution in [0.4, 0.5) is 5.69 Å². The van der Waals surface area contributed by atoms with Crippen LogP contribution in [0.25, 0.3) is 0 Å². The van der Waals surface area contributed by atoms with Crippen molar-refractivity contribution in [3.63, 3.8) is 0 Å². The number of nitrogens with zero attached hydrogens (tertiary/aromatic N) is 2. The molecule has 1 N–H and O–H groups in total. The van der Waals surface area contributed by atoms with E-state index in [4.69, 9.17) is 0 Å². The van der Waals surface area contributed by atoms with Crippen LogP contribution in [-0.2, 0) is 16.4 Å². The number of anilines is 1. The van der Waals surface area contributed by atoms with Gasteiger partial charge in [0.1, 0.15) is 0 Å². The maximum Gasteiger partial charge on any atom is 0.264 e. The molecule has 1 saturated heterocycles. The van der Waals surface area contributed by atoms with Crippen molar-refractivity contribution in [2.45, 2.75) is 37.5 Å². The Balaban J connectivity index is 1.47. The van der Waals surface area contributed by atoms with E-state index >= 15 is 0 Å². The molecular weight excluding hydrogens is 398 g/mol. The third-order valence-electron chi connectivity index (χ3n) is 5.94. The molecule has 7 heteroatoms. The molecular formula is C23H29N3O3S. The Labute approximate surface area is 178 Å². The minimum Gasteiger partial charge on any atom is -0.352 e. The van der Waals surface area contributed by atoms with Gasteiger partial charge in [-0.3, -0.25) is 9.10 Å². The Bertz CT molecular complexity index is 1030. The van der Waals surface area contributed by atoms with Crippen molar-refractivity contribution >= 4 is 21.6 Å². The molecule has 1 fully saturated rings. The molecule has 30 heavy (non-hydrogen) atoms. The number of amides is 1. The van der Waals surface area contributed by atoms with Gasteiger partial charge in [0.2, 0.25) is 0 Å². The summed E-state index contributed by atoms with van der Waals surface area (Å²) >= 11 is 0. The SMILES string of the molecule is Cc1cccc(S(=O)(=O)N2CCc3c(C(=O)NCCCN4CCCC4)cccc32)c1. The summed E-state index contributed by atoms with van der Waals surface area (Å²) in [5, 5.41) is 3.01. The monoisotopic (exact) mass is 427 g/mol. The van der Waals surface area contributed by atoms with Crippen LogP contribution in [0.2, 0.25) is 0 Å². The molecule has 0 atom stereocenters. The Kier molecular flexibility index (Phi) is 6.11. The lowest BCUT2D eigenvalue weighted by molar-refractivity contribution is 0.0951. The highest BCUT2D eigenvalue weighted by Crippen LogP contribution is 2.35. The van der Waals surface area contributed by atoms with E-state index in [2.05, 4.69) is 10.2 Å². The van der Waals surface area contributed by atoms with Gasteiger partial charge >= 0.3 is 0 Å². The van der Waals surface area contributed by atoms with Gasteiger partial charge in [0.25, 0.3) is 15.9 Å². The summed E-state index contributed by atoms with van der Waals surface area (Å²) in [6.07, 6.45) is 4.00. The molecule has 2 aromatic carbocycles. The topological polar surface area (TPSA) is 69.7 Å². The number of rotatable bonds is 7. The van der Waals surface area contributed by atoms with Gasteiger partial charge in [-0.1, -0.05) is 18.2 Å². The largest absolute Gasteiger partial charge is 0.352 e. The minimum atomic E-state index is -3.65. The Morgan fingerprint density at radius 2 is 1.83 bits per heavy atom. The summed E-state index contributed by atoms with van der Waals surface area (Å²) in [5.74, 6) is -0.122. The van der Waals surface area contributed by atoms with Crippen molar-refractivity contribution in [2.75, 3.05) is 37.0 Å². The molecule has 160 valence electrons. The van der Waals surface area contributed by atoms with Crippen LogP contribution in [0.1, 0.15) is 40.7 Å². The van der Waals surface area contributed by atoms with Gasteiger partial charge in [0, 0.05) is 18.7 Å². The Morgan fingerprint density at radius 1 is 1.07 bits per heavy atom. The van der Waals surface area contributed by atoms with Gasteiger partial charge in [-0.05, 0) is 87.6 Å². The minimum absolute atomic E-state index is 0.122. The first-order valence-electron chi connectivity index (χ1n) is 10.7. The molecule has 2 aromatic rings. The van der Waals surface area contributed by atoms with Crippen LogP contribution < -0.4 is 9.62 Å². The van der Waals surface area contributed by atoms with E-state index in [0.717, 1.165) is 37.2 Å². The summed E-state index contributed by atoms with van der Waals surface area (Å²) in [7, 11) is -3.65. The maximum atomic E-state index is 13.2. The summed E-state index contributed by atoms with van der Waals surface area (Å²) in [6.45, 7) is 6.19. The van der Waals surface area contributed by atoms with E-state index in [-0.39, 0.29) is 10.8 Å². The highest BCUT2D eigenvalue weighted by Gasteiger charge is 2.33. The van der Waals surface area contributed by atoms with Crippen LogP contribution in [0, 0.1) is 6.92 Å². The van der Waals surface area contributed by atoms with Gasteiger partial charge < -0.3 is 10.2 Å². The Hall–Kier alpha value is -2.38. The van der Waals surface area contributed by atoms with E-state index < -0.39 is 10.0 Å². The van der Waals surface area contributed by atoms with Crippen molar-refractivity contribution in [3.8, 4) is 0 Å². The van der Waals surface area contributed by atoms with Crippen LogP contribution >= 0.6 is 0 Å². The van der Waals surface area contributed by atoms with E-state index in [9.17, 15) is 13.2 Å². The molecule has 0 radical (unpaired) electrons. The van der Waals surface area contributed by atoms with Crippen LogP contribution in [0.3, 0.4) is 0 Å². The lowest BCUT2D eigenvalue weighted by atomic mass is 10.0. The second-order valence-electron chi connectivity index (χ2n) is 8.11. The molecule has 2 heterocycles. The van der Waals surface area contributed by atoms with Gasteiger partial charge in [-0.25, -0.2) is 8.42 Å². The van der Waals surface area contributed by atoms with Gasteiger partial charge in [-0.15, -0.1) is 0 Å². The third kappa shape index (κ3) is 4.23. The molecule has 0 aromatic heterocycles. The number of aryl methyl sites for hydroxylation is 1. The molecule has 2 aliphatic heterocycles. The number of carbonyl (C=O) groups is 1. The summed E-state index contributed by atoms with van der Waals surface area (Å²) < 4.78 is 27.8. The number of likely N-dealkylation sites (tertiary alicyclic amines) is 1. The standard InChI is InChI=1S/C23H29N3O3S/c1-18-7-4-8-19(17-18)30(28,29)26-16-11-20-21(9-5-10-22(20)26)23(27)24-12-6-15-25-13-2-3-14-25/h4-5,7-10,17H,2-3,6,11-16H2,1H3,(H,24,27). The summed E-state index contributed by atoms with van der Waals surface area (Å²) in [5.41, 5.74) is 2.90. The maximum absolute atomic E-state index is 13.2. The molecule has 1 amide bonds. The average Bonchev–Trinajstić information content (AvgIpc) is 3.40. The number of nitrogens with one attached hydrogen (secondary N) is 1. The first-order chi connectivity index (χ1) is 14.5. The molecule has 0 bridgehead atoms. The predicted molar refractivity (Wildman–Crippen MR) is 118 cm³/mol. The van der Waals surface area contributed by atoms with Crippen molar-refractivity contribution in [1.29, 1.82) is 0 Å². The van der Waals surface area contributed by atoms with Crippen molar-refractivity contribution in [1.82, 2.24) is 10.2 Å². The normalized spacial score (nSPS) is 16.6. The van der Waals surface area contributed by atoms with Crippen molar-refractivity contribution < 1.29 is 13.2 Å². The number of sulfonamides is 1. The number of benzene rings is 2. The zero-order valence-corrected chi connectivity index (χ0v) is 18.2. The third-order valence-corrected chi connectivity index (χ3v) is 7.75. The van der Waals surface area contributed by atoms with Crippen LogP contribution in [-0.4, -0.2) is 51.9 Å². The zero-order chi connectivity index (χ0) is 21.1. The molecule has 2 aliphatic rings. The molecule has 0 aliphatic carbocycles. The van der Waals surface area contributed by atoms with E-state index in [0.29, 0.717) is 30.8 Å². The lowest BCUT2D eigenvalue weighted by Crippen LogP contribution is -2.29. The van der Waals surface area contributed by atoms with Crippen LogP contribution in [0.5, 0.6) is 0 Å². The highest BCUT2D eigenvalue weighted by atomic mass is 32.2. The molecule has 4 rings (SSSR count). The molecule has 0 spiro atoms. The second kappa shape index (κ2) is 8.78. The van der Waals surface area contributed by atoms with E-state index in [1.54, 1.807) is 36.4 Å². The summed E-state index contributed by atoms with van der Waals surface area (Å²) in [4.78, 5) is 15.5. The molecule has 0 saturated carbocycles. The molecule has 0 unspecified atom stereocenters. The van der Waals surface area contributed by atoms with Gasteiger partial charge in [0.15, 0.2) is 0 Å². The first kappa shape index (κ1) is 20.9. The van der Waals surface area contributed by atoms with Crippen molar-refractivity contribution in [2.24, 2.45) is 0 Å². The summed E-state index contributed by atoms with van der Waals surface area (Å²) in [6, 6.07) is 12.3. The second-order valence-corrected chi connectivity index (χ2v) is 9.97.